The molecular weight excluding hydrogens is 737 g/mol. The van der Waals surface area contributed by atoms with Gasteiger partial charge in [-0.1, -0.05) is 42.5 Å². The fraction of sp³-hybridized carbons (Fsp3) is 0.474. The Morgan fingerprint density at radius 2 is 1.45 bits per heavy atom. The van der Waals surface area contributed by atoms with Crippen LogP contribution >= 0.6 is 0 Å². The lowest BCUT2D eigenvalue weighted by Gasteiger charge is -2.40. The number of halogens is 3. The molecule has 5 amide bonds. The van der Waals surface area contributed by atoms with Crippen LogP contribution in [0.3, 0.4) is 0 Å². The van der Waals surface area contributed by atoms with Crippen LogP contribution in [0.25, 0.3) is 5.69 Å². The van der Waals surface area contributed by atoms with Gasteiger partial charge in [0.15, 0.2) is 0 Å². The number of rotatable bonds is 9. The van der Waals surface area contributed by atoms with Crippen LogP contribution in [0.5, 0.6) is 0 Å². The van der Waals surface area contributed by atoms with Crippen molar-refractivity contribution in [2.24, 2.45) is 11.8 Å². The molecule has 3 aliphatic rings. The molecular formula is C38H45F3N8O7. The summed E-state index contributed by atoms with van der Waals surface area (Å²) in [6, 6.07) is 16.7. The third-order valence-electron chi connectivity index (χ3n) is 10.0. The van der Waals surface area contributed by atoms with Crippen LogP contribution in [-0.2, 0) is 27.4 Å². The molecule has 3 N–H and O–H groups in total. The van der Waals surface area contributed by atoms with Crippen molar-refractivity contribution in [3.8, 4) is 5.69 Å². The maximum Gasteiger partial charge on any atom is 0.420 e. The van der Waals surface area contributed by atoms with Gasteiger partial charge in [-0.25, -0.2) is 19.2 Å². The number of piperazine rings is 1. The normalized spacial score (nSPS) is 20.7. The van der Waals surface area contributed by atoms with Crippen molar-refractivity contribution < 1.29 is 41.8 Å². The molecule has 15 nitrogen and oxygen atoms in total. The van der Waals surface area contributed by atoms with Crippen molar-refractivity contribution in [2.75, 3.05) is 44.6 Å². The first kappa shape index (κ1) is 40.0. The molecule has 3 fully saturated rings. The van der Waals surface area contributed by atoms with E-state index in [4.69, 9.17) is 9.47 Å². The molecule has 6 rings (SSSR count). The van der Waals surface area contributed by atoms with Gasteiger partial charge in [0.05, 0.1) is 5.69 Å². The van der Waals surface area contributed by atoms with Crippen molar-refractivity contribution in [1.82, 2.24) is 34.9 Å². The number of likely N-dealkylation sites (tertiary alicyclic amines) is 1. The van der Waals surface area contributed by atoms with E-state index in [2.05, 4.69) is 20.5 Å². The van der Waals surface area contributed by atoms with Gasteiger partial charge in [0.2, 0.25) is 5.54 Å². The van der Waals surface area contributed by atoms with E-state index < -0.39 is 47.1 Å². The molecule has 18 heteroatoms. The smallest absolute Gasteiger partial charge is 0.420 e. The minimum absolute atomic E-state index is 0.0266. The van der Waals surface area contributed by atoms with Gasteiger partial charge < -0.3 is 24.6 Å². The summed E-state index contributed by atoms with van der Waals surface area (Å²) >= 11 is 0. The zero-order valence-electron chi connectivity index (χ0n) is 31.5. The zero-order chi connectivity index (χ0) is 40.4. The molecule has 0 radical (unpaired) electrons. The molecule has 2 aliphatic heterocycles. The molecule has 2 saturated heterocycles. The fourth-order valence-corrected chi connectivity index (χ4v) is 6.92. The van der Waals surface area contributed by atoms with Crippen molar-refractivity contribution in [2.45, 2.75) is 64.2 Å². The maximum absolute atomic E-state index is 14.2. The Balaban J connectivity index is 0.962. The number of carbonyl (C=O) groups is 4. The number of amides is 5. The number of aromatic nitrogens is 2. The molecule has 0 spiro atoms. The monoisotopic (exact) mass is 782 g/mol. The summed E-state index contributed by atoms with van der Waals surface area (Å²) in [5, 5.41) is 7.20. The molecule has 1 aromatic heterocycles. The highest BCUT2D eigenvalue weighted by molar-refractivity contribution is 5.91. The van der Waals surface area contributed by atoms with Crippen LogP contribution in [0.15, 0.2) is 71.7 Å². The summed E-state index contributed by atoms with van der Waals surface area (Å²) in [6.45, 7) is 7.50. The number of nitrogens with one attached hydrogen (secondary N) is 3. The van der Waals surface area contributed by atoms with Crippen molar-refractivity contribution in [1.29, 1.82) is 0 Å². The number of alkyl carbamates (subject to hydrolysis) is 2. The van der Waals surface area contributed by atoms with Crippen molar-refractivity contribution in [3.63, 3.8) is 0 Å². The molecule has 1 aliphatic carbocycles. The number of alkyl halides is 3. The number of urea groups is 1. The first-order valence-corrected chi connectivity index (χ1v) is 18.2. The maximum atomic E-state index is 14.2. The highest BCUT2D eigenvalue weighted by Crippen LogP contribution is 2.46. The molecule has 3 unspecified atom stereocenters. The van der Waals surface area contributed by atoms with E-state index in [1.807, 2.05) is 32.9 Å². The molecule has 300 valence electrons. The van der Waals surface area contributed by atoms with E-state index in [9.17, 15) is 37.1 Å². The van der Waals surface area contributed by atoms with E-state index in [0.29, 0.717) is 30.0 Å². The van der Waals surface area contributed by atoms with Gasteiger partial charge >= 0.3 is 30.1 Å². The second-order valence-electron chi connectivity index (χ2n) is 15.3. The number of nitrogens with zero attached hydrogens (tertiary/aromatic N) is 5. The number of hydrogen-bond donors (Lipinski definition) is 3. The number of hydrogen-bond acceptors (Lipinski definition) is 9. The Labute approximate surface area is 321 Å². The molecule has 3 atom stereocenters. The van der Waals surface area contributed by atoms with Crippen molar-refractivity contribution in [3.05, 3.63) is 88.5 Å². The molecule has 3 heterocycles. The second kappa shape index (κ2) is 15.8. The number of fused-ring (bicyclic) bond motifs is 1. The third kappa shape index (κ3) is 9.41. The first-order chi connectivity index (χ1) is 26.4. The van der Waals surface area contributed by atoms with Gasteiger partial charge in [-0.3, -0.25) is 24.9 Å². The quantitative estimate of drug-likeness (QED) is 0.290. The molecule has 56 heavy (non-hydrogen) atoms. The SMILES string of the molecule is CC(C)(C)OC(=O)NC1C2CN(Cc3ccc(-n4ccc(NC(=O)N5CCN(C(=O)C(C)(NC(=O)OCc6ccccc6)C(F)(F)F)CC5)nc4=O)cc3)CC21. The molecule has 0 bridgehead atoms. The van der Waals surface area contributed by atoms with E-state index in [1.165, 1.54) is 21.7 Å². The van der Waals surface area contributed by atoms with Crippen LogP contribution in [0.2, 0.25) is 0 Å². The van der Waals surface area contributed by atoms with E-state index >= 15 is 0 Å². The summed E-state index contributed by atoms with van der Waals surface area (Å²) in [5.41, 5.74) is -2.29. The highest BCUT2D eigenvalue weighted by atomic mass is 19.4. The second-order valence-corrected chi connectivity index (χ2v) is 15.3. The van der Waals surface area contributed by atoms with Crippen LogP contribution in [-0.4, -0.2) is 111 Å². The van der Waals surface area contributed by atoms with Gasteiger partial charge in [-0.15, -0.1) is 0 Å². The first-order valence-electron chi connectivity index (χ1n) is 18.2. The zero-order valence-corrected chi connectivity index (χ0v) is 31.5. The molecule has 3 aromatic rings. The van der Waals surface area contributed by atoms with Gasteiger partial charge in [0, 0.05) is 58.1 Å². The largest absolute Gasteiger partial charge is 0.445 e. The van der Waals surface area contributed by atoms with Crippen molar-refractivity contribution >= 4 is 29.9 Å². The lowest BCUT2D eigenvalue weighted by atomic mass is 9.99. The predicted molar refractivity (Wildman–Crippen MR) is 197 cm³/mol. The fourth-order valence-electron chi connectivity index (χ4n) is 6.92. The summed E-state index contributed by atoms with van der Waals surface area (Å²) < 4.78 is 54.2. The highest BCUT2D eigenvalue weighted by Gasteiger charge is 2.60. The standard InChI is InChI=1S/C38H45F3N8O7/c1-36(2,3)56-34(53)44-30-27-21-46(22-28(27)30)20-24-10-12-26(13-11-24)49-15-14-29(43-33(49)52)42-32(51)48-18-16-47(17-19-48)31(50)37(4,38(39,40)41)45-35(54)55-23-25-8-6-5-7-9-25/h5-15,27-28,30H,16-23H2,1-4H3,(H,44,53)(H,45,54)(H,42,43,51,52). The average Bonchev–Trinajstić information content (AvgIpc) is 3.56. The third-order valence-corrected chi connectivity index (χ3v) is 10.0. The minimum Gasteiger partial charge on any atom is -0.445 e. The molecule has 1 saturated carbocycles. The Hall–Kier alpha value is -5.65. The summed E-state index contributed by atoms with van der Waals surface area (Å²) in [4.78, 5) is 72.1. The summed E-state index contributed by atoms with van der Waals surface area (Å²) in [6.07, 6.45) is -5.48. The Morgan fingerprint density at radius 3 is 2.04 bits per heavy atom. The van der Waals surface area contributed by atoms with E-state index in [0.717, 1.165) is 30.1 Å². The Kier molecular flexibility index (Phi) is 11.3. The van der Waals surface area contributed by atoms with Gasteiger partial charge in [-0.05, 0) is 68.9 Å². The van der Waals surface area contributed by atoms with Gasteiger partial charge in [0.25, 0.3) is 5.91 Å². The van der Waals surface area contributed by atoms with Crippen LogP contribution in [0, 0.1) is 11.8 Å². The molecule has 2 aromatic carbocycles. The van der Waals surface area contributed by atoms with Gasteiger partial charge in [0.1, 0.15) is 18.0 Å². The van der Waals surface area contributed by atoms with Crippen LogP contribution in [0.1, 0.15) is 38.8 Å². The summed E-state index contributed by atoms with van der Waals surface area (Å²) in [7, 11) is 0. The van der Waals surface area contributed by atoms with Crippen LogP contribution < -0.4 is 21.6 Å². The topological polar surface area (TPSA) is 167 Å². The lowest BCUT2D eigenvalue weighted by molar-refractivity contribution is -0.200. The van der Waals surface area contributed by atoms with E-state index in [1.54, 1.807) is 47.8 Å². The van der Waals surface area contributed by atoms with Crippen LogP contribution in [0.4, 0.5) is 33.4 Å². The van der Waals surface area contributed by atoms with E-state index in [-0.39, 0.29) is 44.6 Å². The number of carbonyl (C=O) groups excluding carboxylic acids is 4. The van der Waals surface area contributed by atoms with Gasteiger partial charge in [-0.2, -0.15) is 18.2 Å². The number of piperidine rings is 1. The minimum atomic E-state index is -5.15. The lowest BCUT2D eigenvalue weighted by Crippen LogP contribution is -2.67. The Bertz CT molecular complexity index is 1970. The number of anilines is 1. The summed E-state index contributed by atoms with van der Waals surface area (Å²) in [5.74, 6) is -0.631. The average molecular weight is 783 g/mol. The number of ether oxygens (including phenoxy) is 2. The number of benzene rings is 2. The Morgan fingerprint density at radius 1 is 0.821 bits per heavy atom. The predicted octanol–water partition coefficient (Wildman–Crippen LogP) is 4.11.